The second-order valence-corrected chi connectivity index (χ2v) is 10.7. The summed E-state index contributed by atoms with van der Waals surface area (Å²) in [6, 6.07) is 19.2. The summed E-state index contributed by atoms with van der Waals surface area (Å²) in [5.41, 5.74) is 1.10. The van der Waals surface area contributed by atoms with Crippen molar-refractivity contribution in [3.63, 3.8) is 0 Å². The second-order valence-electron chi connectivity index (χ2n) is 8.32. The lowest BCUT2D eigenvalue weighted by atomic mass is 10.1. The Labute approximate surface area is 207 Å². The summed E-state index contributed by atoms with van der Waals surface area (Å²) in [6.07, 6.45) is 1.22. The minimum Gasteiger partial charge on any atom is -0.464 e. The van der Waals surface area contributed by atoms with Crippen molar-refractivity contribution in [3.8, 4) is 0 Å². The molecular formula is C26H31ClN2O4S. The molecule has 6 nitrogen and oxygen atoms in total. The molecule has 1 aromatic heterocycles. The van der Waals surface area contributed by atoms with E-state index in [0.717, 1.165) is 11.3 Å². The number of halogens is 1. The van der Waals surface area contributed by atoms with E-state index in [-0.39, 0.29) is 29.9 Å². The number of aryl methyl sites for hydroxylation is 1. The number of nitrogens with zero attached hydrogens (tertiary/aromatic N) is 2. The molecule has 1 amide bonds. The molecule has 0 radical (unpaired) electrons. The molecule has 3 aromatic rings. The minimum absolute atomic E-state index is 0.113. The normalized spacial score (nSPS) is 12.6. The first-order chi connectivity index (χ1) is 16.2. The van der Waals surface area contributed by atoms with Crippen LogP contribution in [0.2, 0.25) is 5.02 Å². The van der Waals surface area contributed by atoms with E-state index in [1.165, 1.54) is 28.6 Å². The highest BCUT2D eigenvalue weighted by Gasteiger charge is 2.32. The summed E-state index contributed by atoms with van der Waals surface area (Å²) < 4.78 is 33.9. The van der Waals surface area contributed by atoms with Crippen LogP contribution < -0.4 is 0 Å². The van der Waals surface area contributed by atoms with Gasteiger partial charge in [0.05, 0.1) is 18.0 Å². The monoisotopic (exact) mass is 502 g/mol. The van der Waals surface area contributed by atoms with Gasteiger partial charge in [-0.1, -0.05) is 48.9 Å². The number of sulfonamides is 1. The molecule has 182 valence electrons. The van der Waals surface area contributed by atoms with E-state index in [9.17, 15) is 13.2 Å². The minimum atomic E-state index is -3.89. The van der Waals surface area contributed by atoms with Crippen molar-refractivity contribution in [2.75, 3.05) is 13.1 Å². The zero-order valence-corrected chi connectivity index (χ0v) is 21.3. The van der Waals surface area contributed by atoms with Crippen LogP contribution in [-0.2, 0) is 27.8 Å². The molecule has 0 N–H and O–H groups in total. The molecule has 2 aromatic carbocycles. The number of hydrogen-bond acceptors (Lipinski definition) is 4. The van der Waals surface area contributed by atoms with Crippen molar-refractivity contribution in [1.82, 2.24) is 9.21 Å². The van der Waals surface area contributed by atoms with Gasteiger partial charge in [0.2, 0.25) is 15.9 Å². The summed E-state index contributed by atoms with van der Waals surface area (Å²) >= 11 is 5.94. The molecule has 0 fully saturated rings. The highest BCUT2D eigenvalue weighted by atomic mass is 35.5. The Morgan fingerprint density at radius 2 is 1.71 bits per heavy atom. The number of benzene rings is 2. The fourth-order valence-corrected chi connectivity index (χ4v) is 5.40. The number of hydrogen-bond donors (Lipinski definition) is 0. The number of carbonyl (C=O) groups excluding carboxylic acids is 1. The van der Waals surface area contributed by atoms with Crippen molar-refractivity contribution in [2.24, 2.45) is 0 Å². The number of amides is 1. The third-order valence-corrected chi connectivity index (χ3v) is 8.03. The first-order valence-electron chi connectivity index (χ1n) is 11.3. The van der Waals surface area contributed by atoms with Crippen LogP contribution in [0.3, 0.4) is 0 Å². The Hall–Kier alpha value is -2.61. The molecule has 0 spiro atoms. The van der Waals surface area contributed by atoms with E-state index in [0.29, 0.717) is 30.2 Å². The molecule has 0 bridgehead atoms. The van der Waals surface area contributed by atoms with Gasteiger partial charge in [-0.2, -0.15) is 4.31 Å². The first kappa shape index (κ1) is 26.0. The molecule has 1 heterocycles. The van der Waals surface area contributed by atoms with Crippen LogP contribution in [0.1, 0.15) is 37.4 Å². The Bertz CT molecular complexity index is 1180. The smallest absolute Gasteiger partial charge is 0.243 e. The van der Waals surface area contributed by atoms with Crippen molar-refractivity contribution in [1.29, 1.82) is 0 Å². The molecule has 0 saturated carbocycles. The number of carbonyl (C=O) groups is 1. The van der Waals surface area contributed by atoms with Crippen LogP contribution in [0.15, 0.2) is 76.0 Å². The maximum absolute atomic E-state index is 13.5. The van der Waals surface area contributed by atoms with Gasteiger partial charge in [0.25, 0.3) is 0 Å². The Morgan fingerprint density at radius 1 is 1.03 bits per heavy atom. The highest BCUT2D eigenvalue weighted by molar-refractivity contribution is 7.89. The summed E-state index contributed by atoms with van der Waals surface area (Å²) in [6.45, 7) is 6.02. The molecule has 1 atom stereocenters. The molecule has 0 aliphatic heterocycles. The Balaban J connectivity index is 1.84. The third-order valence-electron chi connectivity index (χ3n) is 5.80. The van der Waals surface area contributed by atoms with Gasteiger partial charge in [-0.15, -0.1) is 0 Å². The lowest BCUT2D eigenvalue weighted by Gasteiger charge is -2.30. The lowest BCUT2D eigenvalue weighted by molar-refractivity contribution is -0.132. The molecule has 0 unspecified atom stereocenters. The van der Waals surface area contributed by atoms with Gasteiger partial charge >= 0.3 is 0 Å². The van der Waals surface area contributed by atoms with Gasteiger partial charge in [0.15, 0.2) is 0 Å². The van der Waals surface area contributed by atoms with Crippen LogP contribution in [0.5, 0.6) is 0 Å². The van der Waals surface area contributed by atoms with Gasteiger partial charge in [-0.05, 0) is 68.7 Å². The molecule has 8 heteroatoms. The largest absolute Gasteiger partial charge is 0.464 e. The molecular weight excluding hydrogens is 472 g/mol. The van der Waals surface area contributed by atoms with Crippen molar-refractivity contribution >= 4 is 27.5 Å². The molecule has 34 heavy (non-hydrogen) atoms. The van der Waals surface area contributed by atoms with Gasteiger partial charge in [0.1, 0.15) is 11.5 Å². The zero-order chi connectivity index (χ0) is 24.7. The topological polar surface area (TPSA) is 70.8 Å². The van der Waals surface area contributed by atoms with Crippen LogP contribution in [-0.4, -0.2) is 42.7 Å². The molecule has 0 aliphatic rings. The summed E-state index contributed by atoms with van der Waals surface area (Å²) in [7, 11) is -3.89. The van der Waals surface area contributed by atoms with Crippen molar-refractivity contribution in [2.45, 2.75) is 51.1 Å². The summed E-state index contributed by atoms with van der Waals surface area (Å²) in [5, 5.41) is 0.450. The SMILES string of the molecule is CC[C@H](C)N(CC(=O)N(CCc1ccccc1)Cc1ccc(C)o1)S(=O)(=O)c1ccc(Cl)cc1. The van der Waals surface area contributed by atoms with Gasteiger partial charge in [-0.3, -0.25) is 4.79 Å². The van der Waals surface area contributed by atoms with Gasteiger partial charge in [-0.25, -0.2) is 8.42 Å². The quantitative estimate of drug-likeness (QED) is 0.356. The fourth-order valence-electron chi connectivity index (χ4n) is 3.62. The van der Waals surface area contributed by atoms with Crippen LogP contribution >= 0.6 is 11.6 Å². The lowest BCUT2D eigenvalue weighted by Crippen LogP contribution is -2.46. The van der Waals surface area contributed by atoms with Crippen molar-refractivity contribution in [3.05, 3.63) is 88.8 Å². The maximum Gasteiger partial charge on any atom is 0.243 e. The average molecular weight is 503 g/mol. The third kappa shape index (κ3) is 6.72. The van der Waals surface area contributed by atoms with E-state index >= 15 is 0 Å². The second kappa shape index (κ2) is 11.7. The molecule has 3 rings (SSSR count). The van der Waals surface area contributed by atoms with Crippen LogP contribution in [0.4, 0.5) is 0 Å². The Kier molecular flexibility index (Phi) is 8.94. The summed E-state index contributed by atoms with van der Waals surface area (Å²) in [4.78, 5) is 15.3. The standard InChI is InChI=1S/C26H31ClN2O4S/c1-4-20(2)29(34(31,32)25-14-11-23(27)12-15-25)19-26(30)28(18-24-13-10-21(3)33-24)17-16-22-8-6-5-7-9-22/h5-15,20H,4,16-19H2,1-3H3/t20-/m0/s1. The van der Waals surface area contributed by atoms with Crippen LogP contribution in [0.25, 0.3) is 0 Å². The molecule has 0 aliphatic carbocycles. The van der Waals surface area contributed by atoms with Crippen molar-refractivity contribution < 1.29 is 17.6 Å². The van der Waals surface area contributed by atoms with E-state index in [2.05, 4.69) is 0 Å². The predicted molar refractivity (Wildman–Crippen MR) is 134 cm³/mol. The van der Waals surface area contributed by atoms with E-state index in [4.69, 9.17) is 16.0 Å². The van der Waals surface area contributed by atoms with Gasteiger partial charge < -0.3 is 9.32 Å². The maximum atomic E-state index is 13.5. The average Bonchev–Trinajstić information content (AvgIpc) is 3.24. The van der Waals surface area contributed by atoms with Crippen LogP contribution in [0, 0.1) is 6.92 Å². The van der Waals surface area contributed by atoms with Gasteiger partial charge in [0, 0.05) is 17.6 Å². The summed E-state index contributed by atoms with van der Waals surface area (Å²) in [5.74, 6) is 1.15. The Morgan fingerprint density at radius 3 is 2.29 bits per heavy atom. The predicted octanol–water partition coefficient (Wildman–Crippen LogP) is 5.30. The highest BCUT2D eigenvalue weighted by Crippen LogP contribution is 2.22. The molecule has 0 saturated heterocycles. The van der Waals surface area contributed by atoms with E-state index in [1.807, 2.05) is 63.2 Å². The fraction of sp³-hybridized carbons (Fsp3) is 0.346. The first-order valence-corrected chi connectivity index (χ1v) is 13.2. The number of rotatable bonds is 11. The van der Waals surface area contributed by atoms with E-state index < -0.39 is 10.0 Å². The number of furan rings is 1. The zero-order valence-electron chi connectivity index (χ0n) is 19.8. The van der Waals surface area contributed by atoms with E-state index in [1.54, 1.807) is 4.90 Å².